The number of piperidine rings is 1. The second-order valence-electron chi connectivity index (χ2n) is 3.94. The molecule has 1 aliphatic heterocycles. The monoisotopic (exact) mass is 206 g/mol. The molecule has 84 valence electrons. The minimum atomic E-state index is 0. The lowest BCUT2D eigenvalue weighted by Gasteiger charge is -2.23. The summed E-state index contributed by atoms with van der Waals surface area (Å²) in [4.78, 5) is 0. The molecule has 2 nitrogen and oxygen atoms in total. The third-order valence-corrected chi connectivity index (χ3v) is 2.83. The maximum atomic E-state index is 3.49. The van der Waals surface area contributed by atoms with Crippen molar-refractivity contribution in [1.82, 2.24) is 5.32 Å². The van der Waals surface area contributed by atoms with Gasteiger partial charge in [-0.1, -0.05) is 25.6 Å². The Bertz CT molecular complexity index is 252. The van der Waals surface area contributed by atoms with Crippen LogP contribution in [0.5, 0.6) is 0 Å². The van der Waals surface area contributed by atoms with Crippen LogP contribution in [0.3, 0.4) is 0 Å². The summed E-state index contributed by atoms with van der Waals surface area (Å²) >= 11 is 0. The molecule has 0 amide bonds. The normalized spacial score (nSPS) is 16.8. The van der Waals surface area contributed by atoms with Crippen molar-refractivity contribution < 1.29 is 0 Å². The highest BCUT2D eigenvalue weighted by atomic mass is 14.9. The Morgan fingerprint density at radius 1 is 1.13 bits per heavy atom. The second kappa shape index (κ2) is 6.46. The maximum absolute atomic E-state index is 3.49. The number of benzene rings is 1. The van der Waals surface area contributed by atoms with Crippen LogP contribution in [-0.4, -0.2) is 19.6 Å². The van der Waals surface area contributed by atoms with Gasteiger partial charge >= 0.3 is 0 Å². The van der Waals surface area contributed by atoms with E-state index in [4.69, 9.17) is 0 Å². The number of anilines is 1. The third kappa shape index (κ3) is 3.92. The van der Waals surface area contributed by atoms with Crippen LogP contribution in [0.4, 0.5) is 5.69 Å². The summed E-state index contributed by atoms with van der Waals surface area (Å²) in [5, 5.41) is 6.87. The van der Waals surface area contributed by atoms with E-state index >= 15 is 0 Å². The van der Waals surface area contributed by atoms with Crippen molar-refractivity contribution in [1.29, 1.82) is 0 Å². The summed E-state index contributed by atoms with van der Waals surface area (Å²) in [6, 6.07) is 10.5. The summed E-state index contributed by atoms with van der Waals surface area (Å²) in [6.45, 7) is 3.48. The largest absolute Gasteiger partial charge is 0.385 e. The molecule has 0 unspecified atom stereocenters. The van der Waals surface area contributed by atoms with E-state index in [1.807, 2.05) is 0 Å². The van der Waals surface area contributed by atoms with Gasteiger partial charge in [-0.05, 0) is 44.0 Å². The maximum Gasteiger partial charge on any atom is 0.0340 e. The van der Waals surface area contributed by atoms with E-state index in [-0.39, 0.29) is 7.43 Å². The zero-order chi connectivity index (χ0) is 9.64. The van der Waals surface area contributed by atoms with Gasteiger partial charge in [-0.15, -0.1) is 0 Å². The number of hydrogen-bond acceptors (Lipinski definition) is 2. The molecule has 0 aromatic heterocycles. The van der Waals surface area contributed by atoms with Crippen molar-refractivity contribution in [3.63, 3.8) is 0 Å². The van der Waals surface area contributed by atoms with Crippen LogP contribution in [0, 0.1) is 5.92 Å². The van der Waals surface area contributed by atoms with Crippen molar-refractivity contribution in [3.8, 4) is 0 Å². The Kier molecular flexibility index (Phi) is 5.19. The molecule has 2 N–H and O–H groups in total. The van der Waals surface area contributed by atoms with E-state index in [9.17, 15) is 0 Å². The average Bonchev–Trinajstić information content (AvgIpc) is 2.29. The van der Waals surface area contributed by atoms with Gasteiger partial charge in [0.05, 0.1) is 0 Å². The smallest absolute Gasteiger partial charge is 0.0340 e. The predicted molar refractivity (Wildman–Crippen MR) is 67.3 cm³/mol. The molecule has 15 heavy (non-hydrogen) atoms. The Morgan fingerprint density at radius 2 is 1.80 bits per heavy atom. The molecule has 1 heterocycles. The van der Waals surface area contributed by atoms with Crippen LogP contribution in [0.25, 0.3) is 0 Å². The molecule has 1 aromatic carbocycles. The van der Waals surface area contributed by atoms with Crippen molar-refractivity contribution in [2.24, 2.45) is 5.92 Å². The van der Waals surface area contributed by atoms with Gasteiger partial charge in [-0.2, -0.15) is 0 Å². The molecule has 0 atom stereocenters. The molecular formula is C13H22N2. The fourth-order valence-corrected chi connectivity index (χ4v) is 1.90. The summed E-state index contributed by atoms with van der Waals surface area (Å²) in [5.74, 6) is 0.844. The van der Waals surface area contributed by atoms with Gasteiger partial charge < -0.3 is 10.6 Å². The van der Waals surface area contributed by atoms with Crippen molar-refractivity contribution in [3.05, 3.63) is 30.3 Å². The zero-order valence-corrected chi connectivity index (χ0v) is 8.50. The Hall–Kier alpha value is -1.02. The third-order valence-electron chi connectivity index (χ3n) is 2.83. The Morgan fingerprint density at radius 3 is 2.47 bits per heavy atom. The Balaban J connectivity index is 0.00000112. The Labute approximate surface area is 93.1 Å². The lowest BCUT2D eigenvalue weighted by atomic mass is 9.98. The lowest BCUT2D eigenvalue weighted by molar-refractivity contribution is 0.390. The second-order valence-corrected chi connectivity index (χ2v) is 3.94. The first-order valence-electron chi connectivity index (χ1n) is 5.45. The fourth-order valence-electron chi connectivity index (χ4n) is 1.90. The molecule has 1 aliphatic rings. The van der Waals surface area contributed by atoms with Crippen LogP contribution in [0.2, 0.25) is 0 Å². The number of nitrogens with one attached hydrogen (secondary N) is 2. The van der Waals surface area contributed by atoms with Gasteiger partial charge in [0.15, 0.2) is 0 Å². The zero-order valence-electron chi connectivity index (χ0n) is 8.50. The van der Waals surface area contributed by atoms with Crippen LogP contribution in [-0.2, 0) is 0 Å². The molecule has 1 fully saturated rings. The molecule has 0 bridgehead atoms. The number of hydrogen-bond donors (Lipinski definition) is 2. The molecule has 0 saturated carbocycles. The first kappa shape index (κ1) is 12.1. The summed E-state index contributed by atoms with van der Waals surface area (Å²) in [6.07, 6.45) is 2.61. The van der Waals surface area contributed by atoms with Crippen molar-refractivity contribution in [2.75, 3.05) is 25.0 Å². The number of para-hydroxylation sites is 1. The molecular weight excluding hydrogens is 184 g/mol. The van der Waals surface area contributed by atoms with Gasteiger partial charge in [0.25, 0.3) is 0 Å². The van der Waals surface area contributed by atoms with Gasteiger partial charge in [-0.3, -0.25) is 0 Å². The molecule has 1 saturated heterocycles. The van der Waals surface area contributed by atoms with E-state index in [1.54, 1.807) is 0 Å². The highest BCUT2D eigenvalue weighted by Gasteiger charge is 2.11. The highest BCUT2D eigenvalue weighted by Crippen LogP contribution is 2.13. The van der Waals surface area contributed by atoms with E-state index in [0.29, 0.717) is 0 Å². The van der Waals surface area contributed by atoms with Crippen molar-refractivity contribution >= 4 is 5.69 Å². The van der Waals surface area contributed by atoms with E-state index in [1.165, 1.54) is 31.6 Å². The first-order chi connectivity index (χ1) is 6.95. The number of rotatable bonds is 3. The van der Waals surface area contributed by atoms with E-state index in [2.05, 4.69) is 41.0 Å². The van der Waals surface area contributed by atoms with Crippen LogP contribution < -0.4 is 10.6 Å². The van der Waals surface area contributed by atoms with Crippen molar-refractivity contribution in [2.45, 2.75) is 20.3 Å². The summed E-state index contributed by atoms with van der Waals surface area (Å²) < 4.78 is 0. The van der Waals surface area contributed by atoms with Gasteiger partial charge in [0.2, 0.25) is 0 Å². The fraction of sp³-hybridized carbons (Fsp3) is 0.538. The molecule has 0 spiro atoms. The molecule has 2 rings (SSSR count). The lowest BCUT2D eigenvalue weighted by Crippen LogP contribution is -2.31. The SMILES string of the molecule is C.c1ccc(NCC2CCNCC2)cc1. The standard InChI is InChI=1S/C12H18N2.CH4/c1-2-4-12(5-3-1)14-10-11-6-8-13-9-7-11;/h1-5,11,13-14H,6-10H2;1H4. The quantitative estimate of drug-likeness (QED) is 0.794. The van der Waals surface area contributed by atoms with E-state index in [0.717, 1.165) is 12.5 Å². The van der Waals surface area contributed by atoms with Gasteiger partial charge in [-0.25, -0.2) is 0 Å². The molecule has 0 radical (unpaired) electrons. The first-order valence-corrected chi connectivity index (χ1v) is 5.45. The topological polar surface area (TPSA) is 24.1 Å². The van der Waals surface area contributed by atoms with Crippen LogP contribution in [0.15, 0.2) is 30.3 Å². The summed E-state index contributed by atoms with van der Waals surface area (Å²) in [7, 11) is 0. The minimum Gasteiger partial charge on any atom is -0.385 e. The van der Waals surface area contributed by atoms with Crippen LogP contribution >= 0.6 is 0 Å². The molecule has 0 aliphatic carbocycles. The highest BCUT2D eigenvalue weighted by molar-refractivity contribution is 5.42. The molecule has 1 aromatic rings. The molecule has 2 heteroatoms. The van der Waals surface area contributed by atoms with E-state index < -0.39 is 0 Å². The average molecular weight is 206 g/mol. The van der Waals surface area contributed by atoms with Gasteiger partial charge in [0, 0.05) is 12.2 Å². The van der Waals surface area contributed by atoms with Gasteiger partial charge in [0.1, 0.15) is 0 Å². The predicted octanol–water partition coefficient (Wildman–Crippen LogP) is 2.73. The minimum absolute atomic E-state index is 0. The summed E-state index contributed by atoms with van der Waals surface area (Å²) in [5.41, 5.74) is 1.24. The van der Waals surface area contributed by atoms with Crippen LogP contribution in [0.1, 0.15) is 20.3 Å².